The van der Waals surface area contributed by atoms with Gasteiger partial charge in [0.1, 0.15) is 17.3 Å². The number of benzene rings is 1. The molecular weight excluding hydrogens is 678 g/mol. The number of aliphatic hydroxyl groups is 2. The van der Waals surface area contributed by atoms with E-state index in [1.165, 1.54) is 0 Å². The highest BCUT2D eigenvalue weighted by Gasteiger charge is 2.25. The molecule has 0 spiro atoms. The van der Waals surface area contributed by atoms with Crippen molar-refractivity contribution in [2.24, 2.45) is 5.73 Å². The van der Waals surface area contributed by atoms with Gasteiger partial charge in [-0.05, 0) is 30.2 Å². The summed E-state index contributed by atoms with van der Waals surface area (Å²) in [6.45, 7) is 6.83. The maximum absolute atomic E-state index is 12.9. The van der Waals surface area contributed by atoms with Crippen LogP contribution in [-0.2, 0) is 27.5 Å². The summed E-state index contributed by atoms with van der Waals surface area (Å²) in [5.74, 6) is -0.116. The minimum Gasteiger partial charge on any atom is -0.496 e. The zero-order valence-corrected chi connectivity index (χ0v) is 30.1. The van der Waals surface area contributed by atoms with Gasteiger partial charge in [-0.1, -0.05) is 25.8 Å². The van der Waals surface area contributed by atoms with Gasteiger partial charge in [-0.2, -0.15) is 16.7 Å². The van der Waals surface area contributed by atoms with E-state index in [1.807, 2.05) is 18.3 Å². The lowest BCUT2D eigenvalue weighted by molar-refractivity contribution is -0.138. The molecule has 3 heterocycles. The first kappa shape index (κ1) is 39.6. The quantitative estimate of drug-likeness (QED) is 0.0636. The molecule has 9 N–H and O–H groups in total. The van der Waals surface area contributed by atoms with Crippen LogP contribution in [0.4, 0.5) is 11.8 Å². The van der Waals surface area contributed by atoms with Crippen LogP contribution in [-0.4, -0.2) is 127 Å². The number of carbonyl (C=O) groups is 3. The molecule has 1 aromatic carbocycles. The summed E-state index contributed by atoms with van der Waals surface area (Å²) in [5.41, 5.74) is 15.3. The van der Waals surface area contributed by atoms with E-state index in [2.05, 4.69) is 49.1 Å². The summed E-state index contributed by atoms with van der Waals surface area (Å²) in [6.07, 6.45) is 3.31. The van der Waals surface area contributed by atoms with E-state index in [-0.39, 0.29) is 37.0 Å². The molecule has 51 heavy (non-hydrogen) atoms. The summed E-state index contributed by atoms with van der Waals surface area (Å²) >= 11 is 0.901. The van der Waals surface area contributed by atoms with Crippen molar-refractivity contribution in [2.45, 2.75) is 69.7 Å². The monoisotopic (exact) mass is 729 g/mol. The summed E-state index contributed by atoms with van der Waals surface area (Å²) in [4.78, 5) is 49.2. The largest absolute Gasteiger partial charge is 0.496 e. The van der Waals surface area contributed by atoms with Crippen molar-refractivity contribution >= 4 is 52.3 Å². The number of aliphatic carboxylic acids is 1. The van der Waals surface area contributed by atoms with Gasteiger partial charge in [-0.3, -0.25) is 19.3 Å². The van der Waals surface area contributed by atoms with E-state index < -0.39 is 29.5 Å². The van der Waals surface area contributed by atoms with Gasteiger partial charge in [0.05, 0.1) is 24.4 Å². The molecule has 1 aliphatic heterocycles. The Bertz CT molecular complexity index is 1610. The molecular formula is C34H51N9O7S. The van der Waals surface area contributed by atoms with Gasteiger partial charge in [0.15, 0.2) is 12.1 Å². The Hall–Kier alpha value is -4.16. The Balaban J connectivity index is 1.27. The number of carboxylic acids is 1. The highest BCUT2D eigenvalue weighted by Crippen LogP contribution is 2.28. The minimum atomic E-state index is -1.82. The van der Waals surface area contributed by atoms with Gasteiger partial charge >= 0.3 is 5.97 Å². The number of amides is 2. The van der Waals surface area contributed by atoms with E-state index >= 15 is 0 Å². The molecule has 17 heteroatoms. The van der Waals surface area contributed by atoms with Crippen molar-refractivity contribution < 1.29 is 34.4 Å². The number of nitrogen functional groups attached to an aromatic ring is 1. The Morgan fingerprint density at radius 2 is 1.82 bits per heavy atom. The van der Waals surface area contributed by atoms with Crippen molar-refractivity contribution in [3.8, 4) is 5.75 Å². The van der Waals surface area contributed by atoms with Gasteiger partial charge < -0.3 is 51.6 Å². The van der Waals surface area contributed by atoms with Gasteiger partial charge in [0.2, 0.25) is 17.8 Å². The third-order valence-electron chi connectivity index (χ3n) is 8.70. The number of fused-ring (bicyclic) bond motifs is 1. The number of nitrogens with one attached hydrogen (secondary N) is 2. The molecule has 0 radical (unpaired) electrons. The fraction of sp³-hybridized carbons (Fsp3) is 0.559. The number of hydrogen-bond donors (Lipinski definition) is 7. The number of hydrogen-bond acceptors (Lipinski definition) is 13. The Morgan fingerprint density at radius 3 is 2.51 bits per heavy atom. The third-order valence-corrected chi connectivity index (χ3v) is 10.1. The van der Waals surface area contributed by atoms with Crippen LogP contribution in [0.2, 0.25) is 0 Å². The molecule has 0 unspecified atom stereocenters. The standard InChI is InChI=1S/C34H51N9O7S/c1-3-4-5-10-38-31-30-25(39-34(36)40-31)9-12-43(30)20-23-17-22(6-7-26(23)50-2)19-41-13-15-42(16-14-41)29(45)8-11-37-28(44)18-27(33(48)49)51-21-24(35)32(46)47/h6-7,9,12,17,24,27,33,48-49H,3-5,8,10-11,13-16,18-21,35H2,1-2H3,(H,37,44)(H,46,47)(H3,36,38,39,40)/t24-,27+/m0/s1. The number of unbranched alkanes of at least 4 members (excludes halogenated alkanes) is 2. The van der Waals surface area contributed by atoms with Crippen molar-refractivity contribution in [3.63, 3.8) is 0 Å². The van der Waals surface area contributed by atoms with E-state index in [9.17, 15) is 24.6 Å². The molecule has 2 amide bonds. The first-order valence-corrected chi connectivity index (χ1v) is 18.3. The molecule has 16 nitrogen and oxygen atoms in total. The van der Waals surface area contributed by atoms with E-state index in [0.717, 1.165) is 65.5 Å². The smallest absolute Gasteiger partial charge is 0.321 e. The molecule has 280 valence electrons. The first-order valence-electron chi connectivity index (χ1n) is 17.2. The minimum absolute atomic E-state index is 0.0776. The van der Waals surface area contributed by atoms with E-state index in [4.69, 9.17) is 21.3 Å². The fourth-order valence-electron chi connectivity index (χ4n) is 5.88. The molecule has 0 bridgehead atoms. The van der Waals surface area contributed by atoms with E-state index in [1.54, 1.807) is 12.0 Å². The maximum Gasteiger partial charge on any atom is 0.321 e. The fourth-order valence-corrected chi connectivity index (χ4v) is 6.92. The van der Waals surface area contributed by atoms with Gasteiger partial charge in [-0.25, -0.2) is 4.98 Å². The molecule has 0 saturated carbocycles. The van der Waals surface area contributed by atoms with Crippen LogP contribution < -0.4 is 26.8 Å². The number of methoxy groups -OCH3 is 1. The molecule has 1 saturated heterocycles. The van der Waals surface area contributed by atoms with Crippen LogP contribution in [0.5, 0.6) is 5.75 Å². The Morgan fingerprint density at radius 1 is 1.06 bits per heavy atom. The van der Waals surface area contributed by atoms with Gasteiger partial charge in [0, 0.05) is 76.2 Å². The number of thioether (sulfide) groups is 1. The topological polar surface area (TPSA) is 234 Å². The Labute approximate surface area is 301 Å². The number of carbonyl (C=O) groups excluding carboxylic acids is 2. The highest BCUT2D eigenvalue weighted by molar-refractivity contribution is 8.00. The highest BCUT2D eigenvalue weighted by atomic mass is 32.2. The summed E-state index contributed by atoms with van der Waals surface area (Å²) in [5, 5.41) is 33.2. The predicted octanol–water partition coefficient (Wildman–Crippen LogP) is 1.04. The average molecular weight is 730 g/mol. The number of piperazine rings is 1. The molecule has 3 aromatic rings. The molecule has 0 aliphatic carbocycles. The second kappa shape index (κ2) is 19.4. The predicted molar refractivity (Wildman–Crippen MR) is 196 cm³/mol. The van der Waals surface area contributed by atoms with Crippen LogP contribution >= 0.6 is 11.8 Å². The number of ether oxygens (including phenoxy) is 1. The molecule has 1 aliphatic rings. The molecule has 4 rings (SSSR count). The maximum atomic E-state index is 12.9. The van der Waals surface area contributed by atoms with Crippen LogP contribution in [0.25, 0.3) is 11.0 Å². The van der Waals surface area contributed by atoms with Crippen molar-refractivity contribution in [2.75, 3.05) is 63.2 Å². The third kappa shape index (κ3) is 11.7. The lowest BCUT2D eigenvalue weighted by atomic mass is 10.1. The number of nitrogens with zero attached hydrogens (tertiary/aromatic N) is 5. The molecule has 2 atom stereocenters. The van der Waals surface area contributed by atoms with Gasteiger partial charge in [0.25, 0.3) is 0 Å². The SMILES string of the molecule is CCCCCNc1nc(N)nc2ccn(Cc3cc(CN4CCN(C(=O)CCNC(=O)C[C@@H](SC[C@H](N)C(=O)O)C(O)O)CC4)ccc3OC)c12. The first-order chi connectivity index (χ1) is 24.5. The van der Waals surface area contributed by atoms with Crippen molar-refractivity contribution in [1.29, 1.82) is 0 Å². The van der Waals surface area contributed by atoms with E-state index in [0.29, 0.717) is 45.1 Å². The van der Waals surface area contributed by atoms with Crippen molar-refractivity contribution in [1.82, 2.24) is 29.7 Å². The second-order valence-corrected chi connectivity index (χ2v) is 13.9. The number of aliphatic hydroxyl groups excluding tert-OH is 1. The summed E-state index contributed by atoms with van der Waals surface area (Å²) < 4.78 is 7.83. The Kier molecular flexibility index (Phi) is 15.1. The second-order valence-electron chi connectivity index (χ2n) is 12.6. The molecule has 1 fully saturated rings. The van der Waals surface area contributed by atoms with Crippen LogP contribution in [0.15, 0.2) is 30.5 Å². The number of aromatic nitrogens is 3. The number of carboxylic acid groups (broad SMARTS) is 1. The number of rotatable bonds is 20. The lowest BCUT2D eigenvalue weighted by Gasteiger charge is -2.35. The number of anilines is 2. The van der Waals surface area contributed by atoms with Crippen molar-refractivity contribution in [3.05, 3.63) is 41.6 Å². The summed E-state index contributed by atoms with van der Waals surface area (Å²) in [6, 6.07) is 6.94. The normalized spacial score (nSPS) is 14.8. The zero-order valence-electron chi connectivity index (χ0n) is 29.3. The summed E-state index contributed by atoms with van der Waals surface area (Å²) in [7, 11) is 1.66. The molecule has 2 aromatic heterocycles. The van der Waals surface area contributed by atoms with Crippen LogP contribution in [0.3, 0.4) is 0 Å². The lowest BCUT2D eigenvalue weighted by Crippen LogP contribution is -2.48. The van der Waals surface area contributed by atoms with Gasteiger partial charge in [-0.15, -0.1) is 0 Å². The zero-order chi connectivity index (χ0) is 36.9. The van der Waals surface area contributed by atoms with Crippen LogP contribution in [0.1, 0.15) is 50.2 Å². The average Bonchev–Trinajstić information content (AvgIpc) is 3.50. The van der Waals surface area contributed by atoms with Crippen LogP contribution in [0, 0.1) is 0 Å². The number of nitrogens with two attached hydrogens (primary N) is 2.